The van der Waals surface area contributed by atoms with Crippen molar-refractivity contribution in [1.29, 1.82) is 0 Å². The molecule has 0 unspecified atom stereocenters. The third-order valence-corrected chi connectivity index (χ3v) is 4.25. The van der Waals surface area contributed by atoms with E-state index < -0.39 is 0 Å². The summed E-state index contributed by atoms with van der Waals surface area (Å²) in [6.07, 6.45) is 3.12. The fourth-order valence-corrected chi connectivity index (χ4v) is 3.25. The van der Waals surface area contributed by atoms with Crippen LogP contribution in [0.2, 0.25) is 5.02 Å². The highest BCUT2D eigenvalue weighted by Crippen LogP contribution is 2.30. The van der Waals surface area contributed by atoms with Gasteiger partial charge in [-0.2, -0.15) is 0 Å². The maximum absolute atomic E-state index is 12.5. The van der Waals surface area contributed by atoms with Gasteiger partial charge in [0.2, 0.25) is 0 Å². The highest BCUT2D eigenvalue weighted by Gasteiger charge is 2.24. The lowest BCUT2D eigenvalue weighted by atomic mass is 9.83. The van der Waals surface area contributed by atoms with Gasteiger partial charge < -0.3 is 4.90 Å². The second-order valence-electron chi connectivity index (χ2n) is 6.14. The molecule has 0 aromatic heterocycles. The first-order valence-corrected chi connectivity index (χ1v) is 7.89. The van der Waals surface area contributed by atoms with Gasteiger partial charge in [0.25, 0.3) is 5.91 Å². The smallest absolute Gasteiger partial charge is 0.254 e. The van der Waals surface area contributed by atoms with E-state index in [1.54, 1.807) is 12.1 Å². The number of halogens is 2. The third-order valence-electron chi connectivity index (χ3n) is 3.57. The van der Waals surface area contributed by atoms with Gasteiger partial charge in [-0.05, 0) is 30.0 Å². The van der Waals surface area contributed by atoms with Crippen molar-refractivity contribution in [2.24, 2.45) is 5.41 Å². The van der Waals surface area contributed by atoms with Crippen LogP contribution < -0.4 is 0 Å². The van der Waals surface area contributed by atoms with Crippen molar-refractivity contribution in [3.05, 3.63) is 44.9 Å². The van der Waals surface area contributed by atoms with E-state index in [9.17, 15) is 4.79 Å². The highest BCUT2D eigenvalue weighted by molar-refractivity contribution is 9.10. The van der Waals surface area contributed by atoms with Crippen LogP contribution in [0.4, 0.5) is 0 Å². The van der Waals surface area contributed by atoms with Crippen LogP contribution in [0, 0.1) is 5.41 Å². The van der Waals surface area contributed by atoms with Gasteiger partial charge in [-0.25, -0.2) is 0 Å². The van der Waals surface area contributed by atoms with Gasteiger partial charge in [0.05, 0.1) is 0 Å². The van der Waals surface area contributed by atoms with E-state index in [0.29, 0.717) is 17.1 Å². The van der Waals surface area contributed by atoms with Gasteiger partial charge in [-0.1, -0.05) is 60.0 Å². The van der Waals surface area contributed by atoms with Gasteiger partial charge in [0, 0.05) is 28.1 Å². The van der Waals surface area contributed by atoms with E-state index in [2.05, 4.69) is 42.8 Å². The summed E-state index contributed by atoms with van der Waals surface area (Å²) in [6, 6.07) is 5.32. The summed E-state index contributed by atoms with van der Waals surface area (Å²) >= 11 is 9.38. The molecule has 20 heavy (non-hydrogen) atoms. The predicted molar refractivity (Wildman–Crippen MR) is 87.2 cm³/mol. The molecule has 0 N–H and O–H groups in total. The zero-order valence-electron chi connectivity index (χ0n) is 12.0. The molecule has 2 nitrogen and oxygen atoms in total. The molecule has 0 spiro atoms. The molecule has 1 aromatic carbocycles. The minimum Gasteiger partial charge on any atom is -0.335 e. The van der Waals surface area contributed by atoms with Crippen LogP contribution >= 0.6 is 27.5 Å². The summed E-state index contributed by atoms with van der Waals surface area (Å²) < 4.78 is 0.830. The van der Waals surface area contributed by atoms with Gasteiger partial charge in [-0.3, -0.25) is 4.79 Å². The summed E-state index contributed by atoms with van der Waals surface area (Å²) in [6.45, 7) is 8.08. The van der Waals surface area contributed by atoms with Gasteiger partial charge >= 0.3 is 0 Å². The first kappa shape index (κ1) is 15.6. The second-order valence-corrected chi connectivity index (χ2v) is 7.49. The predicted octanol–water partition coefficient (Wildman–Crippen LogP) is 4.92. The molecule has 2 rings (SSSR count). The van der Waals surface area contributed by atoms with E-state index in [1.807, 2.05) is 11.0 Å². The summed E-state index contributed by atoms with van der Waals surface area (Å²) in [7, 11) is 0. The fraction of sp³-hybridized carbons (Fsp3) is 0.438. The molecule has 1 aliphatic rings. The van der Waals surface area contributed by atoms with E-state index in [1.165, 1.54) is 5.57 Å². The molecule has 0 fully saturated rings. The number of hydrogen-bond acceptors (Lipinski definition) is 1. The van der Waals surface area contributed by atoms with Crippen molar-refractivity contribution < 1.29 is 4.79 Å². The van der Waals surface area contributed by atoms with Crippen molar-refractivity contribution in [3.8, 4) is 0 Å². The Kier molecular flexibility index (Phi) is 4.60. The number of nitrogens with zero attached hydrogens (tertiary/aromatic N) is 1. The first-order chi connectivity index (χ1) is 9.27. The van der Waals surface area contributed by atoms with Gasteiger partial charge in [-0.15, -0.1) is 0 Å². The summed E-state index contributed by atoms with van der Waals surface area (Å²) in [5, 5.41) is 0.575. The maximum Gasteiger partial charge on any atom is 0.254 e. The fourth-order valence-electron chi connectivity index (χ4n) is 2.39. The Balaban J connectivity index is 2.14. The van der Waals surface area contributed by atoms with Crippen LogP contribution in [0.1, 0.15) is 37.6 Å². The number of carbonyl (C=O) groups is 1. The Morgan fingerprint density at radius 2 is 2.00 bits per heavy atom. The Labute approximate surface area is 133 Å². The number of hydrogen-bond donors (Lipinski definition) is 0. The van der Waals surface area contributed by atoms with Crippen LogP contribution in [0.25, 0.3) is 0 Å². The molecular weight excluding hydrogens is 338 g/mol. The Morgan fingerprint density at radius 1 is 1.30 bits per heavy atom. The standard InChI is InChI=1S/C16H19BrClNO/c1-16(2,3)12-4-6-19(7-5-12)15(20)11-8-13(17)10-14(18)9-11/h4,8-10H,5-7H2,1-3H3. The van der Waals surface area contributed by atoms with Crippen molar-refractivity contribution in [1.82, 2.24) is 4.90 Å². The molecule has 1 aliphatic heterocycles. The quantitative estimate of drug-likeness (QED) is 0.654. The molecule has 1 aromatic rings. The number of amides is 1. The average molecular weight is 357 g/mol. The topological polar surface area (TPSA) is 20.3 Å². The number of benzene rings is 1. The Hall–Kier alpha value is -0.800. The lowest BCUT2D eigenvalue weighted by molar-refractivity contribution is 0.0765. The molecule has 0 atom stereocenters. The van der Waals surface area contributed by atoms with Crippen LogP contribution in [0.5, 0.6) is 0 Å². The molecule has 0 saturated heterocycles. The normalized spacial score (nSPS) is 16.1. The van der Waals surface area contributed by atoms with E-state index in [-0.39, 0.29) is 11.3 Å². The zero-order valence-corrected chi connectivity index (χ0v) is 14.4. The SMILES string of the molecule is CC(C)(C)C1=CCN(C(=O)c2cc(Cl)cc(Br)c2)CC1. The molecular formula is C16H19BrClNO. The molecule has 0 saturated carbocycles. The second kappa shape index (κ2) is 5.90. The summed E-state index contributed by atoms with van der Waals surface area (Å²) in [4.78, 5) is 14.3. The monoisotopic (exact) mass is 355 g/mol. The Morgan fingerprint density at radius 3 is 2.50 bits per heavy atom. The first-order valence-electron chi connectivity index (χ1n) is 6.72. The number of carbonyl (C=O) groups excluding carboxylic acids is 1. The van der Waals surface area contributed by atoms with E-state index in [4.69, 9.17) is 11.6 Å². The summed E-state index contributed by atoms with van der Waals surface area (Å²) in [5.41, 5.74) is 2.25. The molecule has 0 aliphatic carbocycles. The summed E-state index contributed by atoms with van der Waals surface area (Å²) in [5.74, 6) is 0.0393. The molecule has 0 bridgehead atoms. The minimum absolute atomic E-state index is 0.0393. The molecule has 108 valence electrons. The van der Waals surface area contributed by atoms with Gasteiger partial charge in [0.1, 0.15) is 0 Å². The van der Waals surface area contributed by atoms with Crippen LogP contribution in [0.15, 0.2) is 34.3 Å². The highest BCUT2D eigenvalue weighted by atomic mass is 79.9. The zero-order chi connectivity index (χ0) is 14.9. The largest absolute Gasteiger partial charge is 0.335 e. The average Bonchev–Trinajstić information content (AvgIpc) is 2.36. The van der Waals surface area contributed by atoms with Crippen molar-refractivity contribution in [2.45, 2.75) is 27.2 Å². The van der Waals surface area contributed by atoms with Crippen LogP contribution in [-0.4, -0.2) is 23.9 Å². The number of rotatable bonds is 1. The van der Waals surface area contributed by atoms with E-state index >= 15 is 0 Å². The lowest BCUT2D eigenvalue weighted by Gasteiger charge is -2.32. The Bertz CT molecular complexity index is 540. The van der Waals surface area contributed by atoms with Crippen molar-refractivity contribution in [2.75, 3.05) is 13.1 Å². The third kappa shape index (κ3) is 3.64. The lowest BCUT2D eigenvalue weighted by Crippen LogP contribution is -2.36. The van der Waals surface area contributed by atoms with Gasteiger partial charge in [0.15, 0.2) is 0 Å². The molecule has 1 amide bonds. The molecule has 4 heteroatoms. The minimum atomic E-state index is 0.0393. The molecule has 0 radical (unpaired) electrons. The van der Waals surface area contributed by atoms with Crippen molar-refractivity contribution in [3.63, 3.8) is 0 Å². The van der Waals surface area contributed by atoms with Crippen molar-refractivity contribution >= 4 is 33.4 Å². The van der Waals surface area contributed by atoms with Crippen LogP contribution in [0.3, 0.4) is 0 Å². The van der Waals surface area contributed by atoms with E-state index in [0.717, 1.165) is 17.4 Å². The maximum atomic E-state index is 12.5. The van der Waals surface area contributed by atoms with Crippen LogP contribution in [-0.2, 0) is 0 Å². The molecule has 1 heterocycles.